The summed E-state index contributed by atoms with van der Waals surface area (Å²) >= 11 is 0. The summed E-state index contributed by atoms with van der Waals surface area (Å²) in [6.07, 6.45) is 0. The van der Waals surface area contributed by atoms with Crippen molar-refractivity contribution in [3.63, 3.8) is 0 Å². The van der Waals surface area contributed by atoms with Crippen LogP contribution in [-0.4, -0.2) is 29.6 Å². The number of rotatable bonds is 4. The van der Waals surface area contributed by atoms with Gasteiger partial charge in [-0.1, -0.05) is 60.7 Å². The zero-order valence-electron chi connectivity index (χ0n) is 13.9. The number of sulfone groups is 1. The van der Waals surface area contributed by atoms with Gasteiger partial charge < -0.3 is 9.88 Å². The Kier molecular flexibility index (Phi) is 4.08. The number of nitrogens with zero attached hydrogens (tertiary/aromatic N) is 2. The van der Waals surface area contributed by atoms with E-state index >= 15 is 0 Å². The summed E-state index contributed by atoms with van der Waals surface area (Å²) in [5.41, 5.74) is 2.38. The number of nitrogens with one attached hydrogen (secondary N) is 1. The lowest BCUT2D eigenvalue weighted by Crippen LogP contribution is -2.26. The van der Waals surface area contributed by atoms with Crippen molar-refractivity contribution in [3.8, 4) is 11.3 Å². The van der Waals surface area contributed by atoms with Crippen molar-refractivity contribution in [2.45, 2.75) is 18.2 Å². The highest BCUT2D eigenvalue weighted by atomic mass is 32.2. The van der Waals surface area contributed by atoms with Gasteiger partial charge in [0.2, 0.25) is 15.0 Å². The van der Waals surface area contributed by atoms with E-state index in [1.54, 1.807) is 0 Å². The third-order valence-electron chi connectivity index (χ3n) is 4.35. The Morgan fingerprint density at radius 1 is 1.04 bits per heavy atom. The van der Waals surface area contributed by atoms with Gasteiger partial charge in [0, 0.05) is 18.7 Å². The molecule has 0 bridgehead atoms. The molecule has 0 saturated carbocycles. The number of carbonyl (C=O) groups excluding carboxylic acids is 1. The standard InChI is InChI=1S/C19H17N3O3S/c23-18(20-13-14-7-3-1-4-8-14)17-16(15-9-5-2-6-10-15)21-19-22(17)11-12-26(19,24)25/h1-10H,11-13H2,(H,20,23). The first kappa shape index (κ1) is 16.5. The molecule has 4 rings (SSSR count). The summed E-state index contributed by atoms with van der Waals surface area (Å²) in [4.78, 5) is 17.2. The van der Waals surface area contributed by atoms with Crippen LogP contribution in [0.25, 0.3) is 11.3 Å². The largest absolute Gasteiger partial charge is 0.347 e. The average Bonchev–Trinajstić information content (AvgIpc) is 3.19. The second-order valence-electron chi connectivity index (χ2n) is 6.10. The molecule has 0 aliphatic carbocycles. The van der Waals surface area contributed by atoms with Crippen LogP contribution in [0.1, 0.15) is 16.1 Å². The highest BCUT2D eigenvalue weighted by molar-refractivity contribution is 7.91. The molecule has 132 valence electrons. The van der Waals surface area contributed by atoms with Gasteiger partial charge in [0.05, 0.1) is 5.75 Å². The van der Waals surface area contributed by atoms with E-state index in [1.165, 1.54) is 4.57 Å². The van der Waals surface area contributed by atoms with Crippen LogP contribution in [0.3, 0.4) is 0 Å². The molecule has 1 aliphatic heterocycles. The smallest absolute Gasteiger partial charge is 0.270 e. The Morgan fingerprint density at radius 2 is 1.69 bits per heavy atom. The fourth-order valence-corrected chi connectivity index (χ4v) is 4.42. The number of hydrogen-bond acceptors (Lipinski definition) is 4. The van der Waals surface area contributed by atoms with Crippen LogP contribution in [0.5, 0.6) is 0 Å². The van der Waals surface area contributed by atoms with E-state index in [9.17, 15) is 13.2 Å². The topological polar surface area (TPSA) is 81.1 Å². The van der Waals surface area contributed by atoms with Gasteiger partial charge in [-0.2, -0.15) is 0 Å². The summed E-state index contributed by atoms with van der Waals surface area (Å²) in [7, 11) is -3.44. The molecule has 1 N–H and O–H groups in total. The predicted octanol–water partition coefficient (Wildman–Crippen LogP) is 2.27. The molecular weight excluding hydrogens is 350 g/mol. The van der Waals surface area contributed by atoms with Gasteiger partial charge in [0.25, 0.3) is 5.91 Å². The Balaban J connectivity index is 1.73. The summed E-state index contributed by atoms with van der Waals surface area (Å²) in [6, 6.07) is 18.7. The normalized spacial score (nSPS) is 14.8. The number of carbonyl (C=O) groups is 1. The van der Waals surface area contributed by atoms with Gasteiger partial charge in [-0.25, -0.2) is 13.4 Å². The van der Waals surface area contributed by atoms with E-state index in [0.717, 1.165) is 11.1 Å². The lowest BCUT2D eigenvalue weighted by atomic mass is 10.1. The monoisotopic (exact) mass is 367 g/mol. The highest BCUT2D eigenvalue weighted by Crippen LogP contribution is 2.30. The Morgan fingerprint density at radius 3 is 2.38 bits per heavy atom. The van der Waals surface area contributed by atoms with Crippen LogP contribution in [-0.2, 0) is 22.9 Å². The summed E-state index contributed by atoms with van der Waals surface area (Å²) in [5, 5.41) is 2.85. The first-order valence-electron chi connectivity index (χ1n) is 8.27. The van der Waals surface area contributed by atoms with Crippen molar-refractivity contribution in [1.29, 1.82) is 0 Å². The maximum Gasteiger partial charge on any atom is 0.270 e. The molecule has 0 atom stereocenters. The Bertz CT molecular complexity index is 1060. The molecule has 3 aromatic rings. The van der Waals surface area contributed by atoms with Crippen molar-refractivity contribution >= 4 is 15.7 Å². The molecule has 0 saturated heterocycles. The highest BCUT2D eigenvalue weighted by Gasteiger charge is 2.35. The number of aromatic nitrogens is 2. The van der Waals surface area contributed by atoms with Gasteiger partial charge in [0.15, 0.2) is 0 Å². The van der Waals surface area contributed by atoms with Crippen LogP contribution < -0.4 is 5.32 Å². The molecule has 1 aliphatic rings. The van der Waals surface area contributed by atoms with Gasteiger partial charge in [0.1, 0.15) is 11.4 Å². The van der Waals surface area contributed by atoms with Gasteiger partial charge in [-0.05, 0) is 5.56 Å². The van der Waals surface area contributed by atoms with E-state index in [1.807, 2.05) is 60.7 Å². The second kappa shape index (κ2) is 6.42. The zero-order chi connectivity index (χ0) is 18.1. The third kappa shape index (κ3) is 2.90. The minimum absolute atomic E-state index is 0.0244. The van der Waals surface area contributed by atoms with E-state index in [2.05, 4.69) is 10.3 Å². The molecule has 0 fully saturated rings. The van der Waals surface area contributed by atoms with Crippen LogP contribution in [0.2, 0.25) is 0 Å². The second-order valence-corrected chi connectivity index (χ2v) is 8.10. The number of amides is 1. The molecule has 0 spiro atoms. The molecule has 2 heterocycles. The first-order chi connectivity index (χ1) is 12.6. The van der Waals surface area contributed by atoms with Crippen LogP contribution in [0.4, 0.5) is 0 Å². The van der Waals surface area contributed by atoms with Crippen molar-refractivity contribution < 1.29 is 13.2 Å². The molecule has 7 heteroatoms. The van der Waals surface area contributed by atoms with E-state index in [0.29, 0.717) is 17.9 Å². The molecule has 1 aromatic heterocycles. The average molecular weight is 367 g/mol. The fourth-order valence-electron chi connectivity index (χ4n) is 3.07. The minimum Gasteiger partial charge on any atom is -0.347 e. The van der Waals surface area contributed by atoms with E-state index in [-0.39, 0.29) is 23.4 Å². The SMILES string of the molecule is O=C(NCc1ccccc1)c1c(-c2ccccc2)nc2n1CCS2(=O)=O. The molecule has 2 aromatic carbocycles. The molecule has 0 unspecified atom stereocenters. The lowest BCUT2D eigenvalue weighted by Gasteiger charge is -2.09. The molecule has 26 heavy (non-hydrogen) atoms. The number of benzene rings is 2. The molecule has 6 nitrogen and oxygen atoms in total. The van der Waals surface area contributed by atoms with Crippen LogP contribution in [0, 0.1) is 0 Å². The number of fused-ring (bicyclic) bond motifs is 1. The molecule has 0 radical (unpaired) electrons. The number of hydrogen-bond donors (Lipinski definition) is 1. The van der Waals surface area contributed by atoms with Crippen molar-refractivity contribution in [3.05, 3.63) is 71.9 Å². The summed E-state index contributed by atoms with van der Waals surface area (Å²) in [6.45, 7) is 0.604. The third-order valence-corrected chi connectivity index (χ3v) is 5.94. The van der Waals surface area contributed by atoms with Crippen molar-refractivity contribution in [2.75, 3.05) is 5.75 Å². The van der Waals surface area contributed by atoms with Crippen molar-refractivity contribution in [1.82, 2.24) is 14.9 Å². The minimum atomic E-state index is -3.44. The quantitative estimate of drug-likeness (QED) is 0.767. The van der Waals surface area contributed by atoms with Crippen LogP contribution in [0.15, 0.2) is 65.8 Å². The van der Waals surface area contributed by atoms with Gasteiger partial charge >= 0.3 is 0 Å². The maximum absolute atomic E-state index is 12.9. The maximum atomic E-state index is 12.9. The summed E-state index contributed by atoms with van der Waals surface area (Å²) in [5.74, 6) is -0.354. The lowest BCUT2D eigenvalue weighted by molar-refractivity contribution is 0.0942. The van der Waals surface area contributed by atoms with E-state index in [4.69, 9.17) is 0 Å². The fraction of sp³-hybridized carbons (Fsp3) is 0.158. The summed E-state index contributed by atoms with van der Waals surface area (Å²) < 4.78 is 26.0. The first-order valence-corrected chi connectivity index (χ1v) is 9.92. The Hall–Kier alpha value is -2.93. The predicted molar refractivity (Wildman–Crippen MR) is 97.3 cm³/mol. The van der Waals surface area contributed by atoms with E-state index < -0.39 is 9.84 Å². The zero-order valence-corrected chi connectivity index (χ0v) is 14.7. The Labute approximate surface area is 151 Å². The molecular formula is C19H17N3O3S. The van der Waals surface area contributed by atoms with Gasteiger partial charge in [-0.15, -0.1) is 0 Å². The molecule has 1 amide bonds. The number of imidazole rings is 1. The van der Waals surface area contributed by atoms with Gasteiger partial charge in [-0.3, -0.25) is 4.79 Å². The van der Waals surface area contributed by atoms with Crippen LogP contribution >= 0.6 is 0 Å². The van der Waals surface area contributed by atoms with Crippen molar-refractivity contribution in [2.24, 2.45) is 0 Å².